The van der Waals surface area contributed by atoms with Crippen LogP contribution in [0.5, 0.6) is 0 Å². The van der Waals surface area contributed by atoms with E-state index in [1.807, 2.05) is 6.92 Å². The van der Waals surface area contributed by atoms with E-state index in [0.717, 1.165) is 18.1 Å². The standard InChI is InChI=1S/C21H39N5O/c1-18(2)15-22-20(23-16-19(27)25(3)4)24-17-21(11-7-5-8-12-21)26-13-9-6-10-14-26/h1,5-17H2,2-4H3,(H2,22,23,24). The van der Waals surface area contributed by atoms with E-state index in [4.69, 9.17) is 0 Å². The number of guanidine groups is 1. The van der Waals surface area contributed by atoms with Crippen LogP contribution in [0, 0.1) is 0 Å². The Hall–Kier alpha value is -1.56. The molecule has 1 aliphatic heterocycles. The molecule has 2 fully saturated rings. The molecule has 0 aromatic heterocycles. The highest BCUT2D eigenvalue weighted by atomic mass is 16.2. The van der Waals surface area contributed by atoms with Crippen molar-refractivity contribution in [2.45, 2.75) is 63.8 Å². The van der Waals surface area contributed by atoms with Gasteiger partial charge in [0.1, 0.15) is 6.54 Å². The Morgan fingerprint density at radius 2 is 1.70 bits per heavy atom. The first kappa shape index (κ1) is 21.7. The quantitative estimate of drug-likeness (QED) is 0.406. The van der Waals surface area contributed by atoms with E-state index < -0.39 is 0 Å². The summed E-state index contributed by atoms with van der Waals surface area (Å²) in [7, 11) is 3.53. The van der Waals surface area contributed by atoms with Crippen molar-refractivity contribution in [3.05, 3.63) is 12.2 Å². The number of carbonyl (C=O) groups excluding carboxylic acids is 1. The van der Waals surface area contributed by atoms with Crippen LogP contribution in [-0.4, -0.2) is 74.0 Å². The van der Waals surface area contributed by atoms with Crippen LogP contribution in [0.15, 0.2) is 17.1 Å². The predicted octanol–water partition coefficient (Wildman–Crippen LogP) is 2.37. The molecule has 0 aromatic carbocycles. The maximum atomic E-state index is 11.9. The second-order valence-electron chi connectivity index (χ2n) is 8.45. The largest absolute Gasteiger partial charge is 0.355 e. The summed E-state index contributed by atoms with van der Waals surface area (Å²) in [5, 5.41) is 6.89. The van der Waals surface area contributed by atoms with Crippen LogP contribution in [0.25, 0.3) is 0 Å². The Bertz CT molecular complexity index is 517. The van der Waals surface area contributed by atoms with Gasteiger partial charge in [-0.15, -0.1) is 0 Å². The number of amides is 1. The molecule has 0 atom stereocenters. The van der Waals surface area contributed by atoms with E-state index in [-0.39, 0.29) is 18.0 Å². The molecule has 1 aliphatic carbocycles. The van der Waals surface area contributed by atoms with E-state index in [1.165, 1.54) is 64.5 Å². The Kier molecular flexibility index (Phi) is 8.61. The lowest BCUT2D eigenvalue weighted by molar-refractivity contribution is -0.127. The molecular weight excluding hydrogens is 338 g/mol. The number of nitrogens with one attached hydrogen (secondary N) is 2. The zero-order valence-electron chi connectivity index (χ0n) is 17.6. The number of nitrogens with zero attached hydrogens (tertiary/aromatic N) is 3. The molecule has 0 radical (unpaired) electrons. The lowest BCUT2D eigenvalue weighted by atomic mass is 9.79. The molecule has 0 unspecified atom stereocenters. The Morgan fingerprint density at radius 3 is 2.30 bits per heavy atom. The van der Waals surface area contributed by atoms with Gasteiger partial charge >= 0.3 is 0 Å². The van der Waals surface area contributed by atoms with Crippen LogP contribution in [-0.2, 0) is 4.79 Å². The molecule has 1 saturated carbocycles. The number of rotatable bonds is 7. The van der Waals surface area contributed by atoms with Gasteiger partial charge in [0.15, 0.2) is 5.96 Å². The van der Waals surface area contributed by atoms with Crippen molar-refractivity contribution in [1.29, 1.82) is 0 Å². The van der Waals surface area contributed by atoms with Crippen molar-refractivity contribution in [3.63, 3.8) is 0 Å². The van der Waals surface area contributed by atoms with Gasteiger partial charge in [-0.3, -0.25) is 9.69 Å². The zero-order valence-corrected chi connectivity index (χ0v) is 17.6. The van der Waals surface area contributed by atoms with Crippen LogP contribution in [0.3, 0.4) is 0 Å². The summed E-state index contributed by atoms with van der Waals surface area (Å²) in [6.07, 6.45) is 10.5. The lowest BCUT2D eigenvalue weighted by Gasteiger charge is -2.48. The summed E-state index contributed by atoms with van der Waals surface area (Å²) >= 11 is 0. The maximum absolute atomic E-state index is 11.9. The fourth-order valence-electron chi connectivity index (χ4n) is 4.13. The molecule has 2 aliphatic rings. The average molecular weight is 378 g/mol. The Balaban J connectivity index is 2.04. The number of likely N-dealkylation sites (N-methyl/N-ethyl adjacent to an activating group) is 1. The van der Waals surface area contributed by atoms with Crippen molar-refractivity contribution < 1.29 is 4.79 Å². The molecule has 27 heavy (non-hydrogen) atoms. The van der Waals surface area contributed by atoms with Crippen molar-refractivity contribution >= 4 is 11.9 Å². The molecule has 0 bridgehead atoms. The second kappa shape index (κ2) is 10.7. The summed E-state index contributed by atoms with van der Waals surface area (Å²) < 4.78 is 0. The Morgan fingerprint density at radius 1 is 1.07 bits per heavy atom. The van der Waals surface area contributed by atoms with Crippen molar-refractivity contribution in [1.82, 2.24) is 20.4 Å². The highest BCUT2D eigenvalue weighted by Crippen LogP contribution is 2.35. The monoisotopic (exact) mass is 377 g/mol. The number of carbonyl (C=O) groups is 1. The lowest BCUT2D eigenvalue weighted by Crippen LogP contribution is -2.59. The fraction of sp³-hybridized carbons (Fsp3) is 0.810. The van der Waals surface area contributed by atoms with Crippen LogP contribution in [0.2, 0.25) is 0 Å². The fourth-order valence-corrected chi connectivity index (χ4v) is 4.13. The number of hydrogen-bond acceptors (Lipinski definition) is 3. The van der Waals surface area contributed by atoms with Crippen molar-refractivity contribution in [2.75, 3.05) is 46.8 Å². The molecule has 0 spiro atoms. The number of aliphatic imine (C=N–C) groups is 1. The highest BCUT2D eigenvalue weighted by molar-refractivity contribution is 5.84. The first-order valence-corrected chi connectivity index (χ1v) is 10.5. The molecule has 0 aromatic rings. The van der Waals surface area contributed by atoms with Gasteiger partial charge in [-0.2, -0.15) is 0 Å². The first-order valence-electron chi connectivity index (χ1n) is 10.5. The van der Waals surface area contributed by atoms with E-state index >= 15 is 0 Å². The summed E-state index contributed by atoms with van der Waals surface area (Å²) in [5.74, 6) is 0.727. The first-order chi connectivity index (χ1) is 12.9. The summed E-state index contributed by atoms with van der Waals surface area (Å²) in [5.41, 5.74) is 1.28. The van der Waals surface area contributed by atoms with Crippen molar-refractivity contribution in [3.8, 4) is 0 Å². The van der Waals surface area contributed by atoms with E-state index in [1.54, 1.807) is 19.0 Å². The molecule has 2 N–H and O–H groups in total. The third-order valence-electron chi connectivity index (χ3n) is 5.82. The summed E-state index contributed by atoms with van der Waals surface area (Å²) in [4.78, 5) is 20.8. The van der Waals surface area contributed by atoms with Gasteiger partial charge in [-0.05, 0) is 45.7 Å². The van der Waals surface area contributed by atoms with Crippen LogP contribution >= 0.6 is 0 Å². The number of piperidine rings is 1. The maximum Gasteiger partial charge on any atom is 0.243 e. The molecule has 6 heteroatoms. The molecule has 2 rings (SSSR count). The van der Waals surface area contributed by atoms with E-state index in [0.29, 0.717) is 6.54 Å². The topological polar surface area (TPSA) is 60.0 Å². The zero-order chi connectivity index (χ0) is 19.7. The molecular formula is C21H39N5O. The SMILES string of the molecule is C=C(C)CNC(=NCC(=O)N(C)C)NCC1(N2CCCCC2)CCCCC1. The minimum atomic E-state index is 0.00911. The highest BCUT2D eigenvalue weighted by Gasteiger charge is 2.38. The van der Waals surface area contributed by atoms with Crippen LogP contribution < -0.4 is 10.6 Å². The van der Waals surface area contributed by atoms with E-state index in [2.05, 4.69) is 27.1 Å². The molecule has 1 saturated heterocycles. The van der Waals surface area contributed by atoms with Gasteiger partial charge in [-0.1, -0.05) is 37.8 Å². The Labute approximate surface area is 165 Å². The summed E-state index contributed by atoms with van der Waals surface area (Å²) in [6.45, 7) is 10.1. The normalized spacial score (nSPS) is 20.8. The van der Waals surface area contributed by atoms with E-state index in [9.17, 15) is 4.79 Å². The van der Waals surface area contributed by atoms with Gasteiger partial charge in [0, 0.05) is 32.7 Å². The summed E-state index contributed by atoms with van der Waals surface area (Å²) in [6, 6.07) is 0. The van der Waals surface area contributed by atoms with Crippen molar-refractivity contribution in [2.24, 2.45) is 4.99 Å². The van der Waals surface area contributed by atoms with Gasteiger partial charge in [-0.25, -0.2) is 4.99 Å². The van der Waals surface area contributed by atoms with Crippen LogP contribution in [0.1, 0.15) is 58.3 Å². The van der Waals surface area contributed by atoms with Crippen LogP contribution in [0.4, 0.5) is 0 Å². The molecule has 1 amide bonds. The third-order valence-corrected chi connectivity index (χ3v) is 5.82. The van der Waals surface area contributed by atoms with Gasteiger partial charge in [0.25, 0.3) is 0 Å². The molecule has 6 nitrogen and oxygen atoms in total. The molecule has 1 heterocycles. The minimum Gasteiger partial charge on any atom is -0.355 e. The number of likely N-dealkylation sites (tertiary alicyclic amines) is 1. The van der Waals surface area contributed by atoms with Gasteiger partial charge in [0.2, 0.25) is 5.91 Å². The van der Waals surface area contributed by atoms with Gasteiger partial charge in [0.05, 0.1) is 0 Å². The number of hydrogen-bond donors (Lipinski definition) is 2. The van der Waals surface area contributed by atoms with Gasteiger partial charge < -0.3 is 15.5 Å². The predicted molar refractivity (Wildman–Crippen MR) is 113 cm³/mol. The second-order valence-corrected chi connectivity index (χ2v) is 8.45. The minimum absolute atomic E-state index is 0.00911. The average Bonchev–Trinajstić information content (AvgIpc) is 2.68. The smallest absolute Gasteiger partial charge is 0.243 e. The molecule has 154 valence electrons. The third kappa shape index (κ3) is 6.83.